The van der Waals surface area contributed by atoms with E-state index in [2.05, 4.69) is 32.2 Å². The lowest BCUT2D eigenvalue weighted by Gasteiger charge is -2.37. The Morgan fingerprint density at radius 1 is 1.00 bits per heavy atom. The van der Waals surface area contributed by atoms with Crippen LogP contribution < -0.4 is 5.32 Å². The number of hydrogen-bond acceptors (Lipinski definition) is 1. The fourth-order valence-corrected chi connectivity index (χ4v) is 4.46. The van der Waals surface area contributed by atoms with Gasteiger partial charge in [0.2, 0.25) is 0 Å². The van der Waals surface area contributed by atoms with E-state index in [0.717, 1.165) is 24.3 Å². The zero-order valence-electron chi connectivity index (χ0n) is 14.7. The number of likely N-dealkylation sites (N-methyl/N-ethyl adjacent to an activating group) is 1. The Hall–Kier alpha value is -0.300. The topological polar surface area (TPSA) is 12.0 Å². The molecule has 1 unspecified atom stereocenters. The summed E-state index contributed by atoms with van der Waals surface area (Å²) in [4.78, 5) is 0. The van der Waals surface area contributed by atoms with E-state index in [4.69, 9.17) is 0 Å². The summed E-state index contributed by atoms with van der Waals surface area (Å²) in [5, 5.41) is 3.85. The molecule has 122 valence electrons. The molecule has 0 amide bonds. The van der Waals surface area contributed by atoms with E-state index in [0.29, 0.717) is 6.04 Å². The molecule has 0 aromatic rings. The highest BCUT2D eigenvalue weighted by Crippen LogP contribution is 2.37. The molecule has 1 atom stereocenters. The van der Waals surface area contributed by atoms with Crippen molar-refractivity contribution in [2.24, 2.45) is 17.8 Å². The summed E-state index contributed by atoms with van der Waals surface area (Å²) in [6.07, 6.45) is 16.8. The standard InChI is InChI=1S/C20H37N/c1-4-21-20(18-10-8-6-5-7-9-11-18)19-14-12-17(13-15-19)16(2)3/h10,16-17,19-21H,4-9,11-15H2,1-3H3. The van der Waals surface area contributed by atoms with Gasteiger partial charge in [-0.1, -0.05) is 45.3 Å². The Morgan fingerprint density at radius 2 is 1.67 bits per heavy atom. The van der Waals surface area contributed by atoms with Gasteiger partial charge in [-0.25, -0.2) is 0 Å². The first-order valence-electron chi connectivity index (χ1n) is 9.64. The van der Waals surface area contributed by atoms with Crippen molar-refractivity contribution < 1.29 is 0 Å². The lowest BCUT2D eigenvalue weighted by Crippen LogP contribution is -2.40. The van der Waals surface area contributed by atoms with Crippen molar-refractivity contribution in [3.8, 4) is 0 Å². The Balaban J connectivity index is 1.97. The molecule has 0 heterocycles. The molecule has 1 fully saturated rings. The molecule has 0 radical (unpaired) electrons. The lowest BCUT2D eigenvalue weighted by atomic mass is 9.72. The van der Waals surface area contributed by atoms with Crippen LogP contribution in [0.15, 0.2) is 11.6 Å². The number of rotatable bonds is 5. The van der Waals surface area contributed by atoms with Gasteiger partial charge in [0.15, 0.2) is 0 Å². The van der Waals surface area contributed by atoms with E-state index in [1.54, 1.807) is 5.57 Å². The lowest BCUT2D eigenvalue weighted by molar-refractivity contribution is 0.198. The number of nitrogens with one attached hydrogen (secondary N) is 1. The monoisotopic (exact) mass is 291 g/mol. The molecule has 0 aliphatic heterocycles. The first-order valence-corrected chi connectivity index (χ1v) is 9.64. The Morgan fingerprint density at radius 3 is 2.33 bits per heavy atom. The first kappa shape index (κ1) is 17.1. The Bertz CT molecular complexity index is 310. The summed E-state index contributed by atoms with van der Waals surface area (Å²) in [5.41, 5.74) is 1.75. The molecular formula is C20H37N. The second kappa shape index (κ2) is 8.98. The molecule has 1 N–H and O–H groups in total. The molecule has 2 aliphatic carbocycles. The zero-order chi connectivity index (χ0) is 15.1. The van der Waals surface area contributed by atoms with Gasteiger partial charge in [0.05, 0.1) is 0 Å². The van der Waals surface area contributed by atoms with Gasteiger partial charge in [0.25, 0.3) is 0 Å². The van der Waals surface area contributed by atoms with Gasteiger partial charge >= 0.3 is 0 Å². The van der Waals surface area contributed by atoms with Crippen molar-refractivity contribution in [2.45, 2.75) is 91.0 Å². The van der Waals surface area contributed by atoms with Crippen LogP contribution in [0.5, 0.6) is 0 Å². The molecule has 0 aromatic heterocycles. The Labute approximate surface area is 133 Å². The molecule has 1 saturated carbocycles. The molecule has 0 saturated heterocycles. The largest absolute Gasteiger partial charge is 0.310 e. The van der Waals surface area contributed by atoms with Crippen LogP contribution in [-0.4, -0.2) is 12.6 Å². The van der Waals surface area contributed by atoms with Gasteiger partial charge in [-0.3, -0.25) is 0 Å². The minimum absolute atomic E-state index is 0.682. The maximum absolute atomic E-state index is 3.85. The minimum atomic E-state index is 0.682. The smallest absolute Gasteiger partial charge is 0.0307 e. The molecule has 0 spiro atoms. The van der Waals surface area contributed by atoms with E-state index >= 15 is 0 Å². The summed E-state index contributed by atoms with van der Waals surface area (Å²) in [7, 11) is 0. The zero-order valence-corrected chi connectivity index (χ0v) is 14.7. The highest BCUT2D eigenvalue weighted by atomic mass is 14.9. The van der Waals surface area contributed by atoms with E-state index in [1.807, 2.05) is 0 Å². The van der Waals surface area contributed by atoms with E-state index < -0.39 is 0 Å². The first-order chi connectivity index (χ1) is 10.2. The summed E-state index contributed by atoms with van der Waals surface area (Å²) >= 11 is 0. The predicted molar refractivity (Wildman–Crippen MR) is 93.5 cm³/mol. The van der Waals surface area contributed by atoms with Crippen molar-refractivity contribution in [3.63, 3.8) is 0 Å². The third-order valence-electron chi connectivity index (χ3n) is 5.88. The van der Waals surface area contributed by atoms with Crippen molar-refractivity contribution in [1.29, 1.82) is 0 Å². The van der Waals surface area contributed by atoms with E-state index in [-0.39, 0.29) is 0 Å². The van der Waals surface area contributed by atoms with Crippen molar-refractivity contribution in [2.75, 3.05) is 6.54 Å². The quantitative estimate of drug-likeness (QED) is 0.640. The third kappa shape index (κ3) is 5.13. The summed E-state index contributed by atoms with van der Waals surface area (Å²) in [6, 6.07) is 0.682. The van der Waals surface area contributed by atoms with Crippen LogP contribution in [0.4, 0.5) is 0 Å². The van der Waals surface area contributed by atoms with Crippen LogP contribution in [-0.2, 0) is 0 Å². The van der Waals surface area contributed by atoms with Gasteiger partial charge in [-0.05, 0) is 75.7 Å². The average Bonchev–Trinajstić information content (AvgIpc) is 2.45. The molecule has 2 aliphatic rings. The van der Waals surface area contributed by atoms with Crippen LogP contribution in [0.25, 0.3) is 0 Å². The maximum Gasteiger partial charge on any atom is 0.0307 e. The summed E-state index contributed by atoms with van der Waals surface area (Å²) in [5.74, 6) is 2.75. The SMILES string of the molecule is CCNC(C1=CCCCCCC1)C1CCC(C(C)C)CC1. The highest BCUT2D eigenvalue weighted by Gasteiger charge is 2.30. The maximum atomic E-state index is 3.85. The Kier molecular flexibility index (Phi) is 7.29. The third-order valence-corrected chi connectivity index (χ3v) is 5.88. The van der Waals surface area contributed by atoms with Gasteiger partial charge < -0.3 is 5.32 Å². The van der Waals surface area contributed by atoms with Gasteiger partial charge in [0, 0.05) is 6.04 Å². The molecule has 0 aromatic carbocycles. The molecule has 2 rings (SSSR count). The van der Waals surface area contributed by atoms with Crippen LogP contribution >= 0.6 is 0 Å². The second-order valence-corrected chi connectivity index (χ2v) is 7.69. The highest BCUT2D eigenvalue weighted by molar-refractivity contribution is 5.14. The van der Waals surface area contributed by atoms with Gasteiger partial charge in [-0.15, -0.1) is 0 Å². The molecule has 1 nitrogen and oxygen atoms in total. The molecule has 1 heteroatoms. The van der Waals surface area contributed by atoms with Crippen LogP contribution in [0.2, 0.25) is 0 Å². The van der Waals surface area contributed by atoms with Crippen molar-refractivity contribution in [3.05, 3.63) is 11.6 Å². The normalized spacial score (nSPS) is 29.6. The van der Waals surface area contributed by atoms with Gasteiger partial charge in [0.1, 0.15) is 0 Å². The number of allylic oxidation sites excluding steroid dienone is 1. The summed E-state index contributed by atoms with van der Waals surface area (Å²) < 4.78 is 0. The predicted octanol–water partition coefficient (Wildman–Crippen LogP) is 5.71. The van der Waals surface area contributed by atoms with Crippen LogP contribution in [0.1, 0.15) is 85.0 Å². The second-order valence-electron chi connectivity index (χ2n) is 7.69. The fourth-order valence-electron chi connectivity index (χ4n) is 4.46. The summed E-state index contributed by atoms with van der Waals surface area (Å²) in [6.45, 7) is 8.20. The van der Waals surface area contributed by atoms with Gasteiger partial charge in [-0.2, -0.15) is 0 Å². The molecule has 0 bridgehead atoms. The van der Waals surface area contributed by atoms with Crippen LogP contribution in [0, 0.1) is 17.8 Å². The van der Waals surface area contributed by atoms with Crippen molar-refractivity contribution in [1.82, 2.24) is 5.32 Å². The molecular weight excluding hydrogens is 254 g/mol. The fraction of sp³-hybridized carbons (Fsp3) is 0.900. The van der Waals surface area contributed by atoms with E-state index in [1.165, 1.54) is 64.2 Å². The van der Waals surface area contributed by atoms with Crippen molar-refractivity contribution >= 4 is 0 Å². The average molecular weight is 292 g/mol. The van der Waals surface area contributed by atoms with Crippen LogP contribution in [0.3, 0.4) is 0 Å². The van der Waals surface area contributed by atoms with E-state index in [9.17, 15) is 0 Å². The molecule has 21 heavy (non-hydrogen) atoms. The minimum Gasteiger partial charge on any atom is -0.310 e. The number of hydrogen-bond donors (Lipinski definition) is 1.